The van der Waals surface area contributed by atoms with Crippen molar-refractivity contribution in [1.29, 1.82) is 0 Å². The van der Waals surface area contributed by atoms with Gasteiger partial charge in [0.2, 0.25) is 0 Å². The van der Waals surface area contributed by atoms with Crippen LogP contribution in [0.25, 0.3) is 0 Å². The summed E-state index contributed by atoms with van der Waals surface area (Å²) in [5.74, 6) is 0.201. The average molecular weight is 591 g/mol. The van der Waals surface area contributed by atoms with Gasteiger partial charge in [-0.3, -0.25) is 0 Å². The summed E-state index contributed by atoms with van der Waals surface area (Å²) in [5, 5.41) is 20.4. The first kappa shape index (κ1) is 32.3. The van der Waals surface area contributed by atoms with Crippen LogP contribution in [-0.2, 0) is 34.8 Å². The molecule has 0 amide bonds. The monoisotopic (exact) mass is 590 g/mol. The summed E-state index contributed by atoms with van der Waals surface area (Å²) in [7, 11) is 0. The number of aliphatic hydroxyl groups excluding tert-OH is 2. The molecule has 0 bridgehead atoms. The molecule has 3 aliphatic heterocycles. The van der Waals surface area contributed by atoms with E-state index in [0.29, 0.717) is 6.42 Å². The molecule has 9 atom stereocenters. The van der Waals surface area contributed by atoms with Crippen LogP contribution in [0.4, 0.5) is 0 Å². The first-order valence-electron chi connectivity index (χ1n) is 16.8. The predicted molar refractivity (Wildman–Crippen MR) is 159 cm³/mol. The van der Waals surface area contributed by atoms with E-state index in [1.165, 1.54) is 5.56 Å². The highest BCUT2D eigenvalue weighted by Gasteiger charge is 2.47. The first-order chi connectivity index (χ1) is 20.7. The van der Waals surface area contributed by atoms with Gasteiger partial charge in [0, 0.05) is 26.2 Å². The third kappa shape index (κ3) is 9.96. The molecule has 5 rings (SSSR count). The topological polar surface area (TPSA) is 95.8 Å². The maximum absolute atomic E-state index is 10.6. The summed E-state index contributed by atoms with van der Waals surface area (Å²) in [6, 6.07) is 10.6. The lowest BCUT2D eigenvalue weighted by Gasteiger charge is -2.33. The zero-order valence-electron chi connectivity index (χ0n) is 25.4. The number of rotatable bonds is 15. The fourth-order valence-corrected chi connectivity index (χ4v) is 7.25. The maximum Gasteiger partial charge on any atom is 0.157 e. The molecule has 238 valence electrons. The Bertz CT molecular complexity index is 852. The number of hydrogen-bond acceptors (Lipinski definition) is 8. The number of aryl methyl sites for hydroxylation is 1. The molecule has 4 aliphatic rings. The van der Waals surface area contributed by atoms with Gasteiger partial charge in [0.1, 0.15) is 0 Å². The van der Waals surface area contributed by atoms with Crippen molar-refractivity contribution in [3.63, 3.8) is 0 Å². The smallest absolute Gasteiger partial charge is 0.157 e. The Labute approximate surface area is 252 Å². The lowest BCUT2D eigenvalue weighted by atomic mass is 9.84. The van der Waals surface area contributed by atoms with Crippen molar-refractivity contribution >= 4 is 0 Å². The Morgan fingerprint density at radius 2 is 1.33 bits per heavy atom. The van der Waals surface area contributed by atoms with Crippen molar-refractivity contribution in [2.24, 2.45) is 11.8 Å². The fraction of sp³-hybridized carbons (Fsp3) is 0.824. The van der Waals surface area contributed by atoms with Crippen LogP contribution in [0.1, 0.15) is 95.5 Å². The summed E-state index contributed by atoms with van der Waals surface area (Å²) in [5.41, 5.74) is 1.32. The van der Waals surface area contributed by atoms with E-state index in [-0.39, 0.29) is 55.6 Å². The van der Waals surface area contributed by atoms with Crippen molar-refractivity contribution in [1.82, 2.24) is 0 Å². The molecular weight excluding hydrogens is 536 g/mol. The zero-order valence-corrected chi connectivity index (χ0v) is 25.4. The molecule has 2 N–H and O–H groups in total. The van der Waals surface area contributed by atoms with Gasteiger partial charge in [0.05, 0.1) is 31.0 Å². The van der Waals surface area contributed by atoms with Gasteiger partial charge in [-0.05, 0) is 107 Å². The molecular formula is C34H54O8. The van der Waals surface area contributed by atoms with Crippen LogP contribution >= 0.6 is 0 Å². The largest absolute Gasteiger partial charge is 0.394 e. The van der Waals surface area contributed by atoms with Crippen LogP contribution in [0.2, 0.25) is 0 Å². The summed E-state index contributed by atoms with van der Waals surface area (Å²) in [6.07, 6.45) is 12.8. The Morgan fingerprint density at radius 1 is 0.738 bits per heavy atom. The van der Waals surface area contributed by atoms with Gasteiger partial charge in [-0.1, -0.05) is 30.3 Å². The molecule has 1 aromatic carbocycles. The van der Waals surface area contributed by atoms with Gasteiger partial charge in [-0.25, -0.2) is 0 Å². The minimum atomic E-state index is -0.790. The van der Waals surface area contributed by atoms with Crippen LogP contribution in [0, 0.1) is 11.8 Å². The van der Waals surface area contributed by atoms with E-state index >= 15 is 0 Å². The van der Waals surface area contributed by atoms with E-state index in [1.807, 2.05) is 0 Å². The average Bonchev–Trinajstić information content (AvgIpc) is 3.34. The molecule has 0 aromatic heterocycles. The molecule has 0 radical (unpaired) electrons. The molecule has 4 unspecified atom stereocenters. The highest BCUT2D eigenvalue weighted by atomic mass is 16.7. The Hall–Kier alpha value is -1.10. The van der Waals surface area contributed by atoms with E-state index in [1.54, 1.807) is 0 Å². The van der Waals surface area contributed by atoms with E-state index in [4.69, 9.17) is 28.4 Å². The highest BCUT2D eigenvalue weighted by molar-refractivity contribution is 5.14. The third-order valence-electron chi connectivity index (χ3n) is 9.56. The van der Waals surface area contributed by atoms with E-state index < -0.39 is 6.10 Å². The molecule has 8 nitrogen and oxygen atoms in total. The molecule has 8 heteroatoms. The van der Waals surface area contributed by atoms with Crippen molar-refractivity contribution in [3.8, 4) is 0 Å². The summed E-state index contributed by atoms with van der Waals surface area (Å²) in [4.78, 5) is 0. The predicted octanol–water partition coefficient (Wildman–Crippen LogP) is 5.51. The molecule has 0 spiro atoms. The lowest BCUT2D eigenvalue weighted by Crippen LogP contribution is -2.35. The molecule has 3 heterocycles. The van der Waals surface area contributed by atoms with E-state index in [0.717, 1.165) is 110 Å². The second-order valence-corrected chi connectivity index (χ2v) is 12.7. The number of aliphatic hydroxyl groups is 2. The summed E-state index contributed by atoms with van der Waals surface area (Å²) >= 11 is 0. The second-order valence-electron chi connectivity index (χ2n) is 12.7. The van der Waals surface area contributed by atoms with Gasteiger partial charge in [-0.2, -0.15) is 0 Å². The lowest BCUT2D eigenvalue weighted by molar-refractivity contribution is -0.205. The molecule has 1 aliphatic carbocycles. The fourth-order valence-electron chi connectivity index (χ4n) is 7.25. The van der Waals surface area contributed by atoms with Crippen LogP contribution < -0.4 is 0 Å². The van der Waals surface area contributed by atoms with Crippen LogP contribution in [0.5, 0.6) is 0 Å². The Balaban J connectivity index is 1.30. The van der Waals surface area contributed by atoms with Crippen LogP contribution in [0.3, 0.4) is 0 Å². The molecule has 1 aromatic rings. The van der Waals surface area contributed by atoms with Gasteiger partial charge in [0.25, 0.3) is 0 Å². The van der Waals surface area contributed by atoms with Crippen molar-refractivity contribution in [3.05, 3.63) is 35.9 Å². The zero-order chi connectivity index (χ0) is 29.0. The van der Waals surface area contributed by atoms with Crippen LogP contribution in [0.15, 0.2) is 30.3 Å². The van der Waals surface area contributed by atoms with Crippen molar-refractivity contribution in [2.45, 2.75) is 140 Å². The van der Waals surface area contributed by atoms with Gasteiger partial charge in [0.15, 0.2) is 18.9 Å². The summed E-state index contributed by atoms with van der Waals surface area (Å²) < 4.78 is 37.9. The number of benzene rings is 1. The van der Waals surface area contributed by atoms with Gasteiger partial charge in [-0.15, -0.1) is 0 Å². The van der Waals surface area contributed by atoms with Gasteiger partial charge < -0.3 is 38.6 Å². The normalized spacial score (nSPS) is 33.8. The molecule has 42 heavy (non-hydrogen) atoms. The SMILES string of the molecule is OCC(O)C[C@@H]1[C@@H](CC[C@H](CCc2ccccc2)OC2CCCCO2)[C@H](OC2CCCCO2)C[C@@H]1OC1CCCCO1. The Kier molecular flexibility index (Phi) is 13.4. The van der Waals surface area contributed by atoms with E-state index in [9.17, 15) is 10.2 Å². The highest BCUT2D eigenvalue weighted by Crippen LogP contribution is 2.44. The van der Waals surface area contributed by atoms with Crippen molar-refractivity contribution < 1.29 is 38.6 Å². The molecule has 1 saturated carbocycles. The third-order valence-corrected chi connectivity index (χ3v) is 9.56. The standard InChI is InChI=1S/C34H54O8/c35-24-26(36)22-29-28(18-17-27(40-32-12-4-7-19-37-32)16-15-25-10-2-1-3-11-25)30(41-33-13-5-8-20-38-33)23-31(29)42-34-14-6-9-21-39-34/h1-3,10-11,26-36H,4-9,12-24H2/t26?,27-,28+,29+,30+,31-,32?,33?,34?/m0/s1. The minimum absolute atomic E-state index is 0.0433. The Morgan fingerprint density at radius 3 is 1.90 bits per heavy atom. The van der Waals surface area contributed by atoms with E-state index in [2.05, 4.69) is 30.3 Å². The number of hydrogen-bond donors (Lipinski definition) is 2. The van der Waals surface area contributed by atoms with Crippen molar-refractivity contribution in [2.75, 3.05) is 26.4 Å². The quantitative estimate of drug-likeness (QED) is 0.276. The first-order valence-corrected chi connectivity index (χ1v) is 16.8. The number of ether oxygens (including phenoxy) is 6. The summed E-state index contributed by atoms with van der Waals surface area (Å²) in [6.45, 7) is 1.97. The van der Waals surface area contributed by atoms with Crippen LogP contribution in [-0.4, -0.2) is 79.9 Å². The second kappa shape index (κ2) is 17.4. The molecule has 3 saturated heterocycles. The minimum Gasteiger partial charge on any atom is -0.394 e. The van der Waals surface area contributed by atoms with Gasteiger partial charge >= 0.3 is 0 Å². The maximum atomic E-state index is 10.6. The molecule has 4 fully saturated rings.